The smallest absolute Gasteiger partial charge is 0.308 e. The third-order valence-corrected chi connectivity index (χ3v) is 4.78. The molecule has 3 aromatic rings. The average Bonchev–Trinajstić information content (AvgIpc) is 2.92. The molecule has 3 aromatic carbocycles. The number of fused-ring (bicyclic) bond motifs is 2. The molecule has 0 aromatic heterocycles. The molecular weight excluding hydrogens is 366 g/mol. The van der Waals surface area contributed by atoms with Gasteiger partial charge in [0.15, 0.2) is 0 Å². The van der Waals surface area contributed by atoms with Crippen LogP contribution in [0.3, 0.4) is 0 Å². The van der Waals surface area contributed by atoms with Gasteiger partial charge in [0.2, 0.25) is 0 Å². The van der Waals surface area contributed by atoms with E-state index in [-0.39, 0.29) is 17.7 Å². The molecule has 0 aliphatic carbocycles. The Kier molecular flexibility index (Phi) is 4.76. The van der Waals surface area contributed by atoms with Crippen LogP contribution in [0.5, 0.6) is 0 Å². The normalized spacial score (nSPS) is 13.1. The van der Waals surface area contributed by atoms with Crippen molar-refractivity contribution in [2.75, 3.05) is 17.2 Å². The molecule has 0 saturated heterocycles. The van der Waals surface area contributed by atoms with Gasteiger partial charge >= 0.3 is 6.03 Å². The summed E-state index contributed by atoms with van der Waals surface area (Å²) in [5, 5.41) is 7.63. The number of amides is 4. The number of rotatable bonds is 4. The number of carbonyl (C=O) groups excluding carboxylic acids is 3. The van der Waals surface area contributed by atoms with Gasteiger partial charge in [0.25, 0.3) is 11.8 Å². The van der Waals surface area contributed by atoms with Crippen molar-refractivity contribution in [3.8, 4) is 0 Å². The molecule has 2 N–H and O–H groups in total. The van der Waals surface area contributed by atoms with Crippen LogP contribution < -0.4 is 10.6 Å². The maximum atomic E-state index is 12.6. The summed E-state index contributed by atoms with van der Waals surface area (Å²) in [5.41, 5.74) is 1.81. The molecule has 1 heterocycles. The third-order valence-electron chi connectivity index (χ3n) is 4.78. The van der Waals surface area contributed by atoms with E-state index in [1.54, 1.807) is 18.2 Å². The van der Waals surface area contributed by atoms with Crippen LogP contribution in [0.15, 0.2) is 60.7 Å². The minimum atomic E-state index is -0.420. The van der Waals surface area contributed by atoms with Gasteiger partial charge in [0, 0.05) is 17.9 Å². The van der Waals surface area contributed by atoms with Crippen LogP contribution in [0.25, 0.3) is 10.8 Å². The predicted molar refractivity (Wildman–Crippen MR) is 113 cm³/mol. The van der Waals surface area contributed by atoms with Gasteiger partial charge in [-0.15, -0.1) is 0 Å². The van der Waals surface area contributed by atoms with E-state index in [0.29, 0.717) is 29.0 Å². The number of imide groups is 1. The van der Waals surface area contributed by atoms with Crippen LogP contribution in [0.2, 0.25) is 0 Å². The highest BCUT2D eigenvalue weighted by atomic mass is 16.2. The molecule has 0 unspecified atom stereocenters. The summed E-state index contributed by atoms with van der Waals surface area (Å²) in [7, 11) is 0. The molecule has 4 amide bonds. The Morgan fingerprint density at radius 1 is 0.828 bits per heavy atom. The number of nitrogens with zero attached hydrogens (tertiary/aromatic N) is 1. The van der Waals surface area contributed by atoms with Crippen molar-refractivity contribution in [2.45, 2.75) is 13.8 Å². The summed E-state index contributed by atoms with van der Waals surface area (Å²) in [4.78, 5) is 38.7. The number of hydrogen-bond donors (Lipinski definition) is 2. The van der Waals surface area contributed by atoms with Crippen LogP contribution in [0.4, 0.5) is 16.2 Å². The second-order valence-electron chi connectivity index (χ2n) is 7.52. The van der Waals surface area contributed by atoms with E-state index in [4.69, 9.17) is 0 Å². The van der Waals surface area contributed by atoms with Gasteiger partial charge in [-0.1, -0.05) is 44.2 Å². The van der Waals surface area contributed by atoms with E-state index in [2.05, 4.69) is 10.6 Å². The molecule has 4 rings (SSSR count). The van der Waals surface area contributed by atoms with Gasteiger partial charge < -0.3 is 10.6 Å². The number of hydrogen-bond acceptors (Lipinski definition) is 3. The van der Waals surface area contributed by atoms with Gasteiger partial charge in [-0.25, -0.2) is 4.79 Å². The first kappa shape index (κ1) is 18.7. The van der Waals surface area contributed by atoms with Crippen molar-refractivity contribution < 1.29 is 14.4 Å². The van der Waals surface area contributed by atoms with Crippen molar-refractivity contribution in [1.29, 1.82) is 0 Å². The topological polar surface area (TPSA) is 78.5 Å². The fraction of sp³-hybridized carbons (Fsp3) is 0.174. The van der Waals surface area contributed by atoms with Crippen molar-refractivity contribution in [1.82, 2.24) is 4.90 Å². The lowest BCUT2D eigenvalue weighted by atomic mass is 10.1. The Balaban J connectivity index is 1.49. The SMILES string of the molecule is CC(C)CN1C(=O)c2ccc(NC(=O)Nc3ccc4ccccc4c3)cc2C1=O. The molecule has 0 radical (unpaired) electrons. The highest BCUT2D eigenvalue weighted by Gasteiger charge is 2.35. The number of carbonyl (C=O) groups is 3. The van der Waals surface area contributed by atoms with Gasteiger partial charge in [0.1, 0.15) is 0 Å². The Morgan fingerprint density at radius 2 is 1.45 bits per heavy atom. The Hall–Kier alpha value is -3.67. The largest absolute Gasteiger partial charge is 0.323 e. The summed E-state index contributed by atoms with van der Waals surface area (Å²) >= 11 is 0. The molecule has 6 nitrogen and oxygen atoms in total. The first-order valence-corrected chi connectivity index (χ1v) is 9.49. The molecule has 29 heavy (non-hydrogen) atoms. The van der Waals surface area contributed by atoms with Gasteiger partial charge in [0.05, 0.1) is 11.1 Å². The number of urea groups is 1. The van der Waals surface area contributed by atoms with Gasteiger partial charge in [-0.2, -0.15) is 0 Å². The molecule has 0 fully saturated rings. The fourth-order valence-electron chi connectivity index (χ4n) is 3.46. The van der Waals surface area contributed by atoms with Crippen LogP contribution >= 0.6 is 0 Å². The zero-order valence-corrected chi connectivity index (χ0v) is 16.2. The molecule has 146 valence electrons. The van der Waals surface area contributed by atoms with E-state index in [1.165, 1.54) is 4.90 Å². The summed E-state index contributed by atoms with van der Waals surface area (Å²) in [6, 6.07) is 17.9. The first-order valence-electron chi connectivity index (χ1n) is 9.49. The summed E-state index contributed by atoms with van der Waals surface area (Å²) in [6.45, 7) is 4.28. The van der Waals surface area contributed by atoms with Crippen LogP contribution in [0, 0.1) is 5.92 Å². The lowest BCUT2D eigenvalue weighted by Gasteiger charge is -2.15. The monoisotopic (exact) mass is 387 g/mol. The second-order valence-corrected chi connectivity index (χ2v) is 7.52. The minimum absolute atomic E-state index is 0.183. The fourth-order valence-corrected chi connectivity index (χ4v) is 3.46. The Labute approximate surface area is 168 Å². The number of benzene rings is 3. The number of nitrogens with one attached hydrogen (secondary N) is 2. The second kappa shape index (κ2) is 7.39. The maximum Gasteiger partial charge on any atom is 0.323 e. The number of anilines is 2. The lowest BCUT2D eigenvalue weighted by molar-refractivity contribution is 0.0636. The van der Waals surface area contributed by atoms with Gasteiger partial charge in [-0.05, 0) is 47.0 Å². The van der Waals surface area contributed by atoms with Crippen molar-refractivity contribution >= 4 is 40.0 Å². The van der Waals surface area contributed by atoms with Crippen molar-refractivity contribution in [3.63, 3.8) is 0 Å². The van der Waals surface area contributed by atoms with Crippen molar-refractivity contribution in [2.24, 2.45) is 5.92 Å². The molecule has 0 saturated carbocycles. The Bertz CT molecular complexity index is 1140. The van der Waals surface area contributed by atoms with E-state index in [0.717, 1.165) is 10.8 Å². The van der Waals surface area contributed by atoms with E-state index in [1.807, 2.05) is 56.3 Å². The predicted octanol–water partition coefficient (Wildman–Crippen LogP) is 4.74. The zero-order valence-electron chi connectivity index (χ0n) is 16.2. The third kappa shape index (κ3) is 3.69. The maximum absolute atomic E-state index is 12.6. The van der Waals surface area contributed by atoms with Crippen LogP contribution in [-0.2, 0) is 0 Å². The molecule has 0 bridgehead atoms. The van der Waals surface area contributed by atoms with Crippen LogP contribution in [0.1, 0.15) is 34.6 Å². The highest BCUT2D eigenvalue weighted by molar-refractivity contribution is 6.22. The summed E-state index contributed by atoms with van der Waals surface area (Å²) < 4.78 is 0. The molecule has 0 atom stereocenters. The molecular formula is C23H21N3O3. The minimum Gasteiger partial charge on any atom is -0.308 e. The summed E-state index contributed by atoms with van der Waals surface area (Å²) in [5.74, 6) is -0.425. The Morgan fingerprint density at radius 3 is 2.17 bits per heavy atom. The van der Waals surface area contributed by atoms with Gasteiger partial charge in [-0.3, -0.25) is 14.5 Å². The average molecular weight is 387 g/mol. The standard InChI is InChI=1S/C23H21N3O3/c1-14(2)13-26-21(27)19-10-9-18(12-20(19)22(26)28)25-23(29)24-17-8-7-15-5-3-4-6-16(15)11-17/h3-12,14H,13H2,1-2H3,(H2,24,25,29). The van der Waals surface area contributed by atoms with Crippen molar-refractivity contribution in [3.05, 3.63) is 71.8 Å². The zero-order chi connectivity index (χ0) is 20.5. The molecule has 6 heteroatoms. The highest BCUT2D eigenvalue weighted by Crippen LogP contribution is 2.27. The van der Waals surface area contributed by atoms with E-state index in [9.17, 15) is 14.4 Å². The first-order chi connectivity index (χ1) is 13.9. The lowest BCUT2D eigenvalue weighted by Crippen LogP contribution is -2.33. The van der Waals surface area contributed by atoms with E-state index < -0.39 is 6.03 Å². The quantitative estimate of drug-likeness (QED) is 0.635. The van der Waals surface area contributed by atoms with E-state index >= 15 is 0 Å². The molecule has 1 aliphatic heterocycles. The summed E-state index contributed by atoms with van der Waals surface area (Å²) in [6.07, 6.45) is 0. The molecule has 1 aliphatic rings. The van der Waals surface area contributed by atoms with Crippen LogP contribution in [-0.4, -0.2) is 29.3 Å². The molecule has 0 spiro atoms.